The summed E-state index contributed by atoms with van der Waals surface area (Å²) in [4.78, 5) is 53.8. The van der Waals surface area contributed by atoms with E-state index in [9.17, 15) is 24.3 Å². The van der Waals surface area contributed by atoms with E-state index in [4.69, 9.17) is 0 Å². The summed E-state index contributed by atoms with van der Waals surface area (Å²) in [5, 5.41) is 18.6. The molecule has 0 bridgehead atoms. The largest absolute Gasteiger partial charge is 0.480 e. The predicted octanol–water partition coefficient (Wildman–Crippen LogP) is 9.79. The van der Waals surface area contributed by atoms with E-state index in [1.807, 2.05) is 0 Å². The Balaban J connectivity index is 4.76. The van der Waals surface area contributed by atoms with E-state index in [1.54, 1.807) is 9.80 Å². The average molecular weight is 794 g/mol. The van der Waals surface area contributed by atoms with Crippen LogP contribution in [-0.4, -0.2) is 97.5 Å². The van der Waals surface area contributed by atoms with Crippen molar-refractivity contribution in [3.63, 3.8) is 0 Å². The Bertz CT molecular complexity index is 880. The van der Waals surface area contributed by atoms with Gasteiger partial charge in [0.05, 0.1) is 26.2 Å². The van der Waals surface area contributed by atoms with Gasteiger partial charge in [0.15, 0.2) is 0 Å². The lowest BCUT2D eigenvalue weighted by molar-refractivity contribution is -0.139. The first-order valence-corrected chi connectivity index (χ1v) is 23.8. The van der Waals surface area contributed by atoms with Gasteiger partial charge in [-0.1, -0.05) is 194 Å². The monoisotopic (exact) mass is 794 g/mol. The van der Waals surface area contributed by atoms with Gasteiger partial charge in [-0.2, -0.15) is 0 Å². The Labute approximate surface area is 345 Å². The summed E-state index contributed by atoms with van der Waals surface area (Å²) >= 11 is 0. The highest BCUT2D eigenvalue weighted by Crippen LogP contribution is 2.12. The highest BCUT2D eigenvalue weighted by molar-refractivity contribution is 5.81. The number of rotatable bonds is 44. The molecule has 56 heavy (non-hydrogen) atoms. The Kier molecular flexibility index (Phi) is 40.7. The summed E-state index contributed by atoms with van der Waals surface area (Å²) in [5.41, 5.74) is 0. The van der Waals surface area contributed by atoms with Crippen LogP contribution in [0.3, 0.4) is 0 Å². The fourth-order valence-electron chi connectivity index (χ4n) is 7.20. The van der Waals surface area contributed by atoms with Crippen LogP contribution in [0.25, 0.3) is 0 Å². The molecule has 0 aliphatic rings. The Morgan fingerprint density at radius 3 is 0.786 bits per heavy atom. The van der Waals surface area contributed by atoms with Crippen molar-refractivity contribution in [2.24, 2.45) is 0 Å². The summed E-state index contributed by atoms with van der Waals surface area (Å²) in [6.45, 7) is 8.87. The summed E-state index contributed by atoms with van der Waals surface area (Å²) in [7, 11) is 0. The van der Waals surface area contributed by atoms with E-state index in [-0.39, 0.29) is 50.4 Å². The lowest BCUT2D eigenvalue weighted by Gasteiger charge is -2.26. The number of carbonyl (C=O) groups is 4. The van der Waals surface area contributed by atoms with Crippen LogP contribution < -0.4 is 16.0 Å². The fraction of sp³-hybridized carbons (Fsp3) is 0.913. The highest BCUT2D eigenvalue weighted by atomic mass is 16.4. The molecule has 10 heteroatoms. The van der Waals surface area contributed by atoms with Crippen molar-refractivity contribution in [3.05, 3.63) is 0 Å². The third kappa shape index (κ3) is 40.0. The van der Waals surface area contributed by atoms with E-state index in [1.165, 1.54) is 154 Å². The molecule has 0 aromatic carbocycles. The Morgan fingerprint density at radius 1 is 0.339 bits per heavy atom. The van der Waals surface area contributed by atoms with E-state index in [0.29, 0.717) is 26.2 Å². The zero-order valence-corrected chi connectivity index (χ0v) is 37.1. The maximum Gasteiger partial charge on any atom is 0.317 e. The zero-order chi connectivity index (χ0) is 41.2. The third-order valence-corrected chi connectivity index (χ3v) is 10.8. The molecule has 0 aromatic rings. The molecule has 10 nitrogen and oxygen atoms in total. The van der Waals surface area contributed by atoms with Crippen LogP contribution in [0.4, 0.5) is 0 Å². The number of carbonyl (C=O) groups excluding carboxylic acids is 3. The van der Waals surface area contributed by atoms with Crippen LogP contribution in [0.5, 0.6) is 0 Å². The standard InChI is InChI=1S/C46H91N5O5/c1-4-7-10-13-16-19-22-25-28-31-34-47-43(52)39-50(40-44(53)48-35-32-29-26-23-20-17-14-11-8-5-2)37-38-51(42-46(55)56)41-45(54)49-36-33-30-27-24-21-18-15-12-9-6-3/h4-42H2,1-3H3,(H,47,52)(H,48,53)(H,49,54)(H,55,56). The van der Waals surface area contributed by atoms with Crippen LogP contribution in [-0.2, 0) is 19.2 Å². The van der Waals surface area contributed by atoms with Gasteiger partial charge in [-0.05, 0) is 19.3 Å². The van der Waals surface area contributed by atoms with E-state index in [2.05, 4.69) is 36.7 Å². The molecule has 0 saturated carbocycles. The van der Waals surface area contributed by atoms with E-state index < -0.39 is 5.97 Å². The molecule has 0 aliphatic carbocycles. The summed E-state index contributed by atoms with van der Waals surface area (Å²) < 4.78 is 0. The average Bonchev–Trinajstić information content (AvgIpc) is 3.16. The molecule has 0 radical (unpaired) electrons. The van der Waals surface area contributed by atoms with Crippen molar-refractivity contribution in [2.45, 2.75) is 213 Å². The van der Waals surface area contributed by atoms with Crippen molar-refractivity contribution in [3.8, 4) is 0 Å². The maximum atomic E-state index is 13.0. The van der Waals surface area contributed by atoms with Gasteiger partial charge in [-0.15, -0.1) is 0 Å². The molecule has 0 saturated heterocycles. The lowest BCUT2D eigenvalue weighted by Crippen LogP contribution is -2.48. The summed E-state index contributed by atoms with van der Waals surface area (Å²) in [5.74, 6) is -1.48. The highest BCUT2D eigenvalue weighted by Gasteiger charge is 2.19. The SMILES string of the molecule is CCCCCCCCCCCCNC(=O)CN(CCN(CC(=O)NCCCCCCCCCCCC)CC(=O)NCCCCCCCCCCCC)CC(=O)O. The molecule has 0 fully saturated rings. The number of amides is 3. The van der Waals surface area contributed by atoms with Crippen LogP contribution >= 0.6 is 0 Å². The minimum atomic E-state index is -1.01. The van der Waals surface area contributed by atoms with Crippen molar-refractivity contribution in [1.82, 2.24) is 25.8 Å². The molecule has 330 valence electrons. The van der Waals surface area contributed by atoms with Gasteiger partial charge in [-0.3, -0.25) is 29.0 Å². The van der Waals surface area contributed by atoms with Gasteiger partial charge in [0, 0.05) is 32.7 Å². The van der Waals surface area contributed by atoms with E-state index in [0.717, 1.165) is 38.5 Å². The van der Waals surface area contributed by atoms with Crippen LogP contribution in [0.1, 0.15) is 213 Å². The molecule has 0 spiro atoms. The normalized spacial score (nSPS) is 11.4. The first-order chi connectivity index (χ1) is 27.3. The van der Waals surface area contributed by atoms with Crippen LogP contribution in [0, 0.1) is 0 Å². The number of nitrogens with zero attached hydrogens (tertiary/aromatic N) is 2. The van der Waals surface area contributed by atoms with Crippen molar-refractivity contribution in [1.29, 1.82) is 0 Å². The van der Waals surface area contributed by atoms with Gasteiger partial charge in [0.2, 0.25) is 17.7 Å². The minimum absolute atomic E-state index is 0.0340. The molecule has 0 aromatic heterocycles. The first kappa shape index (κ1) is 53.8. The van der Waals surface area contributed by atoms with Gasteiger partial charge in [0.1, 0.15) is 0 Å². The van der Waals surface area contributed by atoms with Crippen LogP contribution in [0.15, 0.2) is 0 Å². The Hall–Kier alpha value is -2.20. The molecule has 4 N–H and O–H groups in total. The van der Waals surface area contributed by atoms with Gasteiger partial charge in [0.25, 0.3) is 0 Å². The Morgan fingerprint density at radius 2 is 0.554 bits per heavy atom. The smallest absolute Gasteiger partial charge is 0.317 e. The number of nitrogens with one attached hydrogen (secondary N) is 3. The van der Waals surface area contributed by atoms with Crippen LogP contribution in [0.2, 0.25) is 0 Å². The van der Waals surface area contributed by atoms with E-state index >= 15 is 0 Å². The number of aliphatic carboxylic acids is 1. The molecule has 0 heterocycles. The second-order valence-electron chi connectivity index (χ2n) is 16.4. The molecular weight excluding hydrogens is 703 g/mol. The second kappa shape index (κ2) is 42.4. The van der Waals surface area contributed by atoms with Crippen molar-refractivity contribution < 1.29 is 24.3 Å². The first-order valence-electron chi connectivity index (χ1n) is 23.8. The topological polar surface area (TPSA) is 131 Å². The summed E-state index contributed by atoms with van der Waals surface area (Å²) in [6, 6.07) is 0. The molecule has 0 unspecified atom stereocenters. The third-order valence-electron chi connectivity index (χ3n) is 10.8. The van der Waals surface area contributed by atoms with Gasteiger partial charge >= 0.3 is 5.97 Å². The molecule has 0 rings (SSSR count). The maximum absolute atomic E-state index is 13.0. The minimum Gasteiger partial charge on any atom is -0.480 e. The molecule has 0 aliphatic heterocycles. The molecule has 3 amide bonds. The van der Waals surface area contributed by atoms with Gasteiger partial charge in [-0.25, -0.2) is 0 Å². The number of hydrogen-bond acceptors (Lipinski definition) is 6. The number of carboxylic acid groups (broad SMARTS) is 1. The molecular formula is C46H91N5O5. The zero-order valence-electron chi connectivity index (χ0n) is 37.1. The molecule has 0 atom stereocenters. The lowest BCUT2D eigenvalue weighted by atomic mass is 10.1. The quantitative estimate of drug-likeness (QED) is 0.0452. The van der Waals surface area contributed by atoms with Gasteiger partial charge < -0.3 is 21.1 Å². The second-order valence-corrected chi connectivity index (χ2v) is 16.4. The fourth-order valence-corrected chi connectivity index (χ4v) is 7.20. The number of hydrogen-bond donors (Lipinski definition) is 4. The number of unbranched alkanes of at least 4 members (excludes halogenated alkanes) is 27. The number of carboxylic acids is 1. The van der Waals surface area contributed by atoms with Crippen molar-refractivity contribution >= 4 is 23.7 Å². The van der Waals surface area contributed by atoms with Crippen molar-refractivity contribution in [2.75, 3.05) is 58.9 Å². The predicted molar refractivity (Wildman–Crippen MR) is 235 cm³/mol. The summed E-state index contributed by atoms with van der Waals surface area (Å²) in [6.07, 6.45) is 36.9.